The van der Waals surface area contributed by atoms with Gasteiger partial charge in [0.1, 0.15) is 0 Å². The molecule has 0 aromatic heterocycles. The third kappa shape index (κ3) is 2.16. The van der Waals surface area contributed by atoms with Crippen molar-refractivity contribution in [2.24, 2.45) is 0 Å². The fourth-order valence-electron chi connectivity index (χ4n) is 2.62. The minimum absolute atomic E-state index is 0.0362. The van der Waals surface area contributed by atoms with Gasteiger partial charge in [0.2, 0.25) is 5.91 Å². The molecule has 3 amide bonds. The molecule has 1 saturated heterocycles. The first-order valence-electron chi connectivity index (χ1n) is 6.50. The average Bonchev–Trinajstić information content (AvgIpc) is 2.96. The van der Waals surface area contributed by atoms with Gasteiger partial charge >= 0.3 is 5.97 Å². The maximum atomic E-state index is 12.3. The molecule has 1 aromatic carbocycles. The lowest BCUT2D eigenvalue weighted by Crippen LogP contribution is -2.41. The maximum Gasteiger partial charge on any atom is 0.335 e. The van der Waals surface area contributed by atoms with Crippen molar-refractivity contribution in [3.8, 4) is 0 Å². The van der Waals surface area contributed by atoms with E-state index in [9.17, 15) is 19.2 Å². The molecule has 2 aliphatic heterocycles. The van der Waals surface area contributed by atoms with Crippen LogP contribution in [0.15, 0.2) is 18.2 Å². The molecule has 2 aliphatic rings. The standard InChI is InChI=1S/C14H12N2O5/c17-11-4-2-8(15-11)6-16-12(18)9-3-1-7(14(20)21)5-10(9)13(16)19/h1,3,5,8H,2,4,6H2,(H,15,17)(H,20,21). The molecule has 7 nitrogen and oxygen atoms in total. The number of benzene rings is 1. The van der Waals surface area contributed by atoms with E-state index in [2.05, 4.69) is 5.32 Å². The molecule has 0 spiro atoms. The number of hydrogen-bond acceptors (Lipinski definition) is 4. The Morgan fingerprint density at radius 2 is 1.95 bits per heavy atom. The second-order valence-corrected chi connectivity index (χ2v) is 5.09. The van der Waals surface area contributed by atoms with Gasteiger partial charge in [0.25, 0.3) is 11.8 Å². The summed E-state index contributed by atoms with van der Waals surface area (Å²) in [5, 5.41) is 11.6. The molecule has 1 atom stereocenters. The minimum Gasteiger partial charge on any atom is -0.478 e. The summed E-state index contributed by atoms with van der Waals surface area (Å²) in [4.78, 5) is 47.6. The highest BCUT2D eigenvalue weighted by molar-refractivity contribution is 6.22. The first-order chi connectivity index (χ1) is 9.97. The molecule has 1 unspecified atom stereocenters. The van der Waals surface area contributed by atoms with Crippen LogP contribution in [0.25, 0.3) is 0 Å². The second kappa shape index (κ2) is 4.69. The number of carboxylic acid groups (broad SMARTS) is 1. The number of carbonyl (C=O) groups excluding carboxylic acids is 3. The molecule has 2 heterocycles. The van der Waals surface area contributed by atoms with Gasteiger partial charge < -0.3 is 10.4 Å². The van der Waals surface area contributed by atoms with Crippen molar-refractivity contribution in [1.29, 1.82) is 0 Å². The minimum atomic E-state index is -1.15. The number of hydrogen-bond donors (Lipinski definition) is 2. The SMILES string of the molecule is O=C1CCC(CN2C(=O)c3ccc(C(=O)O)cc3C2=O)N1. The summed E-state index contributed by atoms with van der Waals surface area (Å²) in [6.45, 7) is 0.112. The Kier molecular flexibility index (Phi) is 2.97. The highest BCUT2D eigenvalue weighted by atomic mass is 16.4. The van der Waals surface area contributed by atoms with E-state index < -0.39 is 17.8 Å². The predicted octanol–water partition coefficient (Wildman–Crippen LogP) is 0.259. The molecule has 1 aromatic rings. The van der Waals surface area contributed by atoms with Crippen LogP contribution < -0.4 is 5.32 Å². The van der Waals surface area contributed by atoms with Gasteiger partial charge in [-0.3, -0.25) is 19.3 Å². The quantitative estimate of drug-likeness (QED) is 0.776. The predicted molar refractivity (Wildman–Crippen MR) is 69.9 cm³/mol. The number of fused-ring (bicyclic) bond motifs is 1. The van der Waals surface area contributed by atoms with Crippen LogP contribution in [0.1, 0.15) is 43.9 Å². The van der Waals surface area contributed by atoms with Gasteiger partial charge in [-0.2, -0.15) is 0 Å². The van der Waals surface area contributed by atoms with Gasteiger partial charge in [-0.1, -0.05) is 0 Å². The Hall–Kier alpha value is -2.70. The summed E-state index contributed by atoms with van der Waals surface area (Å²) >= 11 is 0. The third-order valence-electron chi connectivity index (χ3n) is 3.71. The van der Waals surface area contributed by atoms with E-state index in [0.29, 0.717) is 12.8 Å². The summed E-state index contributed by atoms with van der Waals surface area (Å²) in [6, 6.07) is 3.63. The summed E-state index contributed by atoms with van der Waals surface area (Å²) in [5.41, 5.74) is 0.268. The normalized spacial score (nSPS) is 20.7. The van der Waals surface area contributed by atoms with Crippen molar-refractivity contribution in [2.45, 2.75) is 18.9 Å². The molecule has 108 valence electrons. The zero-order valence-electron chi connectivity index (χ0n) is 11.0. The van der Waals surface area contributed by atoms with E-state index in [1.54, 1.807) is 0 Å². The van der Waals surface area contributed by atoms with Crippen molar-refractivity contribution < 1.29 is 24.3 Å². The Morgan fingerprint density at radius 1 is 1.24 bits per heavy atom. The zero-order chi connectivity index (χ0) is 15.1. The number of imide groups is 1. The lowest BCUT2D eigenvalue weighted by molar-refractivity contribution is -0.119. The molecular weight excluding hydrogens is 276 g/mol. The summed E-state index contributed by atoms with van der Waals surface area (Å²) in [5.74, 6) is -2.21. The maximum absolute atomic E-state index is 12.3. The molecule has 2 N–H and O–H groups in total. The zero-order valence-corrected chi connectivity index (χ0v) is 11.0. The Bertz CT molecular complexity index is 682. The second-order valence-electron chi connectivity index (χ2n) is 5.09. The summed E-state index contributed by atoms with van der Waals surface area (Å²) in [7, 11) is 0. The summed E-state index contributed by atoms with van der Waals surface area (Å²) in [6.07, 6.45) is 0.962. The summed E-state index contributed by atoms with van der Waals surface area (Å²) < 4.78 is 0. The van der Waals surface area contributed by atoms with Crippen LogP contribution in [0.5, 0.6) is 0 Å². The number of carbonyl (C=O) groups is 4. The highest BCUT2D eigenvalue weighted by Crippen LogP contribution is 2.25. The van der Waals surface area contributed by atoms with Gasteiger partial charge in [0.05, 0.1) is 16.7 Å². The van der Waals surface area contributed by atoms with Crippen LogP contribution in [0, 0.1) is 0 Å². The highest BCUT2D eigenvalue weighted by Gasteiger charge is 2.38. The van der Waals surface area contributed by atoms with Crippen molar-refractivity contribution in [3.63, 3.8) is 0 Å². The van der Waals surface area contributed by atoms with Crippen LogP contribution in [0.2, 0.25) is 0 Å². The van der Waals surface area contributed by atoms with Crippen molar-refractivity contribution in [2.75, 3.05) is 6.54 Å². The van der Waals surface area contributed by atoms with E-state index >= 15 is 0 Å². The lowest BCUT2D eigenvalue weighted by Gasteiger charge is -2.18. The van der Waals surface area contributed by atoms with E-state index in [4.69, 9.17) is 5.11 Å². The fourth-order valence-corrected chi connectivity index (χ4v) is 2.62. The Labute approximate surface area is 119 Å². The van der Waals surface area contributed by atoms with E-state index in [1.807, 2.05) is 0 Å². The molecule has 0 aliphatic carbocycles. The average molecular weight is 288 g/mol. The Balaban J connectivity index is 1.86. The first kappa shape index (κ1) is 13.3. The molecule has 7 heteroatoms. The first-order valence-corrected chi connectivity index (χ1v) is 6.50. The van der Waals surface area contributed by atoms with Crippen LogP contribution in [-0.2, 0) is 4.79 Å². The molecule has 21 heavy (non-hydrogen) atoms. The van der Waals surface area contributed by atoms with Gasteiger partial charge in [-0.15, -0.1) is 0 Å². The molecular formula is C14H12N2O5. The van der Waals surface area contributed by atoms with Crippen LogP contribution >= 0.6 is 0 Å². The number of nitrogens with zero attached hydrogens (tertiary/aromatic N) is 1. The number of amides is 3. The van der Waals surface area contributed by atoms with Crippen molar-refractivity contribution in [3.05, 3.63) is 34.9 Å². The van der Waals surface area contributed by atoms with Crippen LogP contribution in [0.3, 0.4) is 0 Å². The van der Waals surface area contributed by atoms with Crippen LogP contribution in [-0.4, -0.2) is 46.3 Å². The molecule has 3 rings (SSSR count). The van der Waals surface area contributed by atoms with Crippen LogP contribution in [0.4, 0.5) is 0 Å². The number of carboxylic acids is 1. The van der Waals surface area contributed by atoms with Gasteiger partial charge in [0.15, 0.2) is 0 Å². The van der Waals surface area contributed by atoms with Gasteiger partial charge in [0, 0.05) is 19.0 Å². The largest absolute Gasteiger partial charge is 0.478 e. The molecule has 0 radical (unpaired) electrons. The number of rotatable bonds is 3. The smallest absolute Gasteiger partial charge is 0.335 e. The van der Waals surface area contributed by atoms with E-state index in [0.717, 1.165) is 4.90 Å². The van der Waals surface area contributed by atoms with Gasteiger partial charge in [-0.05, 0) is 24.6 Å². The molecule has 0 bridgehead atoms. The van der Waals surface area contributed by atoms with Crippen molar-refractivity contribution >= 4 is 23.7 Å². The third-order valence-corrected chi connectivity index (χ3v) is 3.71. The molecule has 0 saturated carbocycles. The van der Waals surface area contributed by atoms with Crippen molar-refractivity contribution in [1.82, 2.24) is 10.2 Å². The number of nitrogens with one attached hydrogen (secondary N) is 1. The van der Waals surface area contributed by atoms with E-state index in [-0.39, 0.29) is 35.2 Å². The van der Waals surface area contributed by atoms with Gasteiger partial charge in [-0.25, -0.2) is 4.79 Å². The fraction of sp³-hybridized carbons (Fsp3) is 0.286. The lowest BCUT2D eigenvalue weighted by atomic mass is 10.1. The molecule has 1 fully saturated rings. The topological polar surface area (TPSA) is 104 Å². The number of aromatic carboxylic acids is 1. The van der Waals surface area contributed by atoms with E-state index in [1.165, 1.54) is 18.2 Å². The monoisotopic (exact) mass is 288 g/mol. The Morgan fingerprint density at radius 3 is 2.57 bits per heavy atom.